The lowest BCUT2D eigenvalue weighted by Crippen LogP contribution is -2.57. The number of nitrogens with one attached hydrogen (secondary N) is 1. The first kappa shape index (κ1) is 11.5. The highest BCUT2D eigenvalue weighted by molar-refractivity contribution is 5.16. The second-order valence-electron chi connectivity index (χ2n) is 3.91. The standard InChI is InChI=1S/C11H15NO4/c13-6-11(12-14)7-15-10(16-8-11)9-4-2-1-3-5-9/h1-5,10,12-14H,6-8H2. The average molecular weight is 225 g/mol. The van der Waals surface area contributed by atoms with Crippen molar-refractivity contribution in [2.45, 2.75) is 11.8 Å². The molecule has 5 heteroatoms. The van der Waals surface area contributed by atoms with Crippen molar-refractivity contribution in [3.05, 3.63) is 35.9 Å². The van der Waals surface area contributed by atoms with Gasteiger partial charge in [0.25, 0.3) is 0 Å². The predicted molar refractivity (Wildman–Crippen MR) is 55.8 cm³/mol. The van der Waals surface area contributed by atoms with Crippen molar-refractivity contribution in [2.75, 3.05) is 19.8 Å². The van der Waals surface area contributed by atoms with E-state index in [0.717, 1.165) is 5.56 Å². The van der Waals surface area contributed by atoms with Gasteiger partial charge in [-0.2, -0.15) is 5.48 Å². The zero-order valence-corrected chi connectivity index (χ0v) is 8.80. The molecule has 1 heterocycles. The molecule has 0 aromatic heterocycles. The van der Waals surface area contributed by atoms with E-state index >= 15 is 0 Å². The minimum Gasteiger partial charge on any atom is -0.394 e. The summed E-state index contributed by atoms with van der Waals surface area (Å²) in [6.07, 6.45) is -0.436. The van der Waals surface area contributed by atoms with Crippen LogP contribution in [-0.2, 0) is 9.47 Å². The summed E-state index contributed by atoms with van der Waals surface area (Å²) < 4.78 is 10.9. The third-order valence-corrected chi connectivity index (χ3v) is 2.63. The molecule has 0 atom stereocenters. The van der Waals surface area contributed by atoms with E-state index in [1.54, 1.807) is 0 Å². The van der Waals surface area contributed by atoms with Crippen LogP contribution in [-0.4, -0.2) is 35.7 Å². The molecule has 0 unspecified atom stereocenters. The van der Waals surface area contributed by atoms with Gasteiger partial charge in [0.15, 0.2) is 6.29 Å². The Balaban J connectivity index is 2.00. The van der Waals surface area contributed by atoms with Gasteiger partial charge >= 0.3 is 0 Å². The van der Waals surface area contributed by atoms with E-state index in [0.29, 0.717) is 0 Å². The van der Waals surface area contributed by atoms with Crippen LogP contribution in [0.1, 0.15) is 11.9 Å². The summed E-state index contributed by atoms with van der Waals surface area (Å²) in [4.78, 5) is 0. The van der Waals surface area contributed by atoms with Crippen LogP contribution >= 0.6 is 0 Å². The van der Waals surface area contributed by atoms with Crippen LogP contribution in [0.25, 0.3) is 0 Å². The Bertz CT molecular complexity index is 316. The number of ether oxygens (including phenoxy) is 2. The third kappa shape index (κ3) is 2.23. The normalized spacial score (nSPS) is 30.2. The van der Waals surface area contributed by atoms with Crippen LogP contribution in [0, 0.1) is 0 Å². The lowest BCUT2D eigenvalue weighted by molar-refractivity contribution is -0.238. The van der Waals surface area contributed by atoms with Crippen LogP contribution in [0.15, 0.2) is 30.3 Å². The number of hydroxylamine groups is 1. The second kappa shape index (κ2) is 4.90. The molecule has 1 saturated heterocycles. The molecule has 1 fully saturated rings. The van der Waals surface area contributed by atoms with E-state index in [2.05, 4.69) is 0 Å². The molecule has 2 rings (SSSR count). The molecule has 0 aliphatic carbocycles. The highest BCUT2D eigenvalue weighted by Crippen LogP contribution is 2.26. The topological polar surface area (TPSA) is 71.0 Å². The van der Waals surface area contributed by atoms with E-state index in [1.165, 1.54) is 0 Å². The molecule has 0 amide bonds. The zero-order chi connectivity index (χ0) is 11.4. The minimum atomic E-state index is -0.911. The molecular weight excluding hydrogens is 210 g/mol. The van der Waals surface area contributed by atoms with Crippen molar-refractivity contribution < 1.29 is 19.8 Å². The van der Waals surface area contributed by atoms with Gasteiger partial charge in [-0.05, 0) is 0 Å². The van der Waals surface area contributed by atoms with E-state index in [1.807, 2.05) is 35.8 Å². The fraction of sp³-hybridized carbons (Fsp3) is 0.455. The van der Waals surface area contributed by atoms with Crippen LogP contribution < -0.4 is 5.48 Å². The molecule has 16 heavy (non-hydrogen) atoms. The number of hydrogen-bond acceptors (Lipinski definition) is 5. The van der Waals surface area contributed by atoms with Crippen LogP contribution in [0.3, 0.4) is 0 Å². The Morgan fingerprint density at radius 2 is 1.88 bits per heavy atom. The number of aliphatic hydroxyl groups excluding tert-OH is 1. The summed E-state index contributed by atoms with van der Waals surface area (Å²) in [5, 5.41) is 18.0. The van der Waals surface area contributed by atoms with Crippen LogP contribution in [0.5, 0.6) is 0 Å². The van der Waals surface area contributed by atoms with Gasteiger partial charge in [0.1, 0.15) is 5.54 Å². The second-order valence-corrected chi connectivity index (χ2v) is 3.91. The quantitative estimate of drug-likeness (QED) is 0.651. The summed E-state index contributed by atoms with van der Waals surface area (Å²) in [6.45, 7) is 0.143. The van der Waals surface area contributed by atoms with Gasteiger partial charge in [0, 0.05) is 5.56 Å². The van der Waals surface area contributed by atoms with Crippen molar-refractivity contribution in [1.82, 2.24) is 5.48 Å². The molecule has 0 saturated carbocycles. The lowest BCUT2D eigenvalue weighted by atomic mass is 10.0. The number of benzene rings is 1. The van der Waals surface area contributed by atoms with Crippen LogP contribution in [0.2, 0.25) is 0 Å². The predicted octanol–water partition coefficient (Wildman–Crippen LogP) is 0.442. The highest BCUT2D eigenvalue weighted by atomic mass is 16.7. The van der Waals surface area contributed by atoms with Crippen molar-refractivity contribution >= 4 is 0 Å². The van der Waals surface area contributed by atoms with E-state index in [9.17, 15) is 0 Å². The molecule has 88 valence electrons. The number of rotatable bonds is 3. The fourth-order valence-electron chi connectivity index (χ4n) is 1.55. The highest BCUT2D eigenvalue weighted by Gasteiger charge is 2.36. The summed E-state index contributed by atoms with van der Waals surface area (Å²) in [7, 11) is 0. The molecule has 1 aliphatic rings. The maximum absolute atomic E-state index is 9.12. The first-order valence-corrected chi connectivity index (χ1v) is 5.10. The van der Waals surface area contributed by atoms with Gasteiger partial charge in [-0.15, -0.1) is 0 Å². The molecule has 3 N–H and O–H groups in total. The maximum atomic E-state index is 9.12. The first-order chi connectivity index (χ1) is 7.79. The maximum Gasteiger partial charge on any atom is 0.183 e. The molecule has 0 spiro atoms. The molecule has 0 bridgehead atoms. The Morgan fingerprint density at radius 3 is 2.38 bits per heavy atom. The third-order valence-electron chi connectivity index (χ3n) is 2.63. The van der Waals surface area contributed by atoms with Crippen molar-refractivity contribution in [3.63, 3.8) is 0 Å². The van der Waals surface area contributed by atoms with E-state index < -0.39 is 11.8 Å². The van der Waals surface area contributed by atoms with Crippen molar-refractivity contribution in [1.29, 1.82) is 0 Å². The van der Waals surface area contributed by atoms with Gasteiger partial charge < -0.3 is 19.8 Å². The van der Waals surface area contributed by atoms with Crippen molar-refractivity contribution in [2.24, 2.45) is 0 Å². The van der Waals surface area contributed by atoms with Crippen LogP contribution in [0.4, 0.5) is 0 Å². The minimum absolute atomic E-state index is 0.194. The van der Waals surface area contributed by atoms with Crippen molar-refractivity contribution in [3.8, 4) is 0 Å². The summed E-state index contributed by atoms with van der Waals surface area (Å²) in [5.41, 5.74) is 2.05. The van der Waals surface area contributed by atoms with Gasteiger partial charge in [0.2, 0.25) is 0 Å². The summed E-state index contributed by atoms with van der Waals surface area (Å²) in [6, 6.07) is 9.53. The number of hydrogen-bond donors (Lipinski definition) is 3. The van der Waals surface area contributed by atoms with Gasteiger partial charge in [-0.1, -0.05) is 30.3 Å². The fourth-order valence-corrected chi connectivity index (χ4v) is 1.55. The number of aliphatic hydroxyl groups is 1. The lowest BCUT2D eigenvalue weighted by Gasteiger charge is -2.37. The Morgan fingerprint density at radius 1 is 1.25 bits per heavy atom. The molecule has 5 nitrogen and oxygen atoms in total. The molecule has 1 aromatic carbocycles. The Labute approximate surface area is 93.6 Å². The summed E-state index contributed by atoms with van der Waals surface area (Å²) in [5.74, 6) is 0. The SMILES string of the molecule is OCC1(NO)COC(c2ccccc2)OC1. The van der Waals surface area contributed by atoms with Gasteiger partial charge in [-0.3, -0.25) is 0 Å². The van der Waals surface area contributed by atoms with Gasteiger partial charge in [-0.25, -0.2) is 0 Å². The smallest absolute Gasteiger partial charge is 0.183 e. The molecule has 1 aliphatic heterocycles. The monoisotopic (exact) mass is 225 g/mol. The molecule has 0 radical (unpaired) electrons. The largest absolute Gasteiger partial charge is 0.394 e. The van der Waals surface area contributed by atoms with E-state index in [-0.39, 0.29) is 19.8 Å². The Hall–Kier alpha value is -0.980. The molecule has 1 aromatic rings. The Kier molecular flexibility index (Phi) is 3.52. The first-order valence-electron chi connectivity index (χ1n) is 5.10. The zero-order valence-electron chi connectivity index (χ0n) is 8.80. The molecular formula is C11H15NO4. The average Bonchev–Trinajstić information content (AvgIpc) is 2.40. The van der Waals surface area contributed by atoms with E-state index in [4.69, 9.17) is 19.8 Å². The summed E-state index contributed by atoms with van der Waals surface area (Å²) >= 11 is 0. The van der Waals surface area contributed by atoms with Gasteiger partial charge in [0.05, 0.1) is 19.8 Å².